The van der Waals surface area contributed by atoms with Gasteiger partial charge in [0.05, 0.1) is 28.6 Å². The Hall–Kier alpha value is -0.970. The van der Waals surface area contributed by atoms with E-state index in [1.807, 2.05) is 5.41 Å². The molecular formula is C13H10Cl2N2OS. The van der Waals surface area contributed by atoms with E-state index >= 15 is 0 Å². The third-order valence-corrected chi connectivity index (χ3v) is 4.61. The molecular weight excluding hydrogens is 303 g/mol. The number of thioether (sulfide) groups is 1. The summed E-state index contributed by atoms with van der Waals surface area (Å²) in [5, 5.41) is 3.76. The lowest BCUT2D eigenvalue weighted by atomic mass is 10.1. The SMILES string of the molecule is O=C(CC1=CSC2=NCCN12)c1c(Cl)cccc1Cl. The number of nitrogens with zero attached hydrogens (tertiary/aromatic N) is 2. The standard InChI is InChI=1S/C13H10Cl2N2OS/c14-9-2-1-3-10(15)12(9)11(18)6-8-7-19-13-16-4-5-17(8)13/h1-3,7H,4-6H2. The molecule has 0 unspecified atom stereocenters. The molecule has 6 heteroatoms. The fourth-order valence-corrected chi connectivity index (χ4v) is 3.69. The summed E-state index contributed by atoms with van der Waals surface area (Å²) in [6.45, 7) is 1.64. The maximum atomic E-state index is 12.3. The summed E-state index contributed by atoms with van der Waals surface area (Å²) in [5.74, 6) is -0.0596. The molecule has 3 nitrogen and oxygen atoms in total. The Morgan fingerprint density at radius 3 is 2.84 bits per heavy atom. The first-order valence-electron chi connectivity index (χ1n) is 5.81. The number of rotatable bonds is 3. The fraction of sp³-hybridized carbons (Fsp3) is 0.231. The van der Waals surface area contributed by atoms with Crippen LogP contribution >= 0.6 is 35.0 Å². The van der Waals surface area contributed by atoms with Gasteiger partial charge in [-0.3, -0.25) is 9.79 Å². The third-order valence-electron chi connectivity index (χ3n) is 3.03. The van der Waals surface area contributed by atoms with Crippen LogP contribution in [-0.2, 0) is 0 Å². The number of fused-ring (bicyclic) bond motifs is 1. The Morgan fingerprint density at radius 1 is 1.37 bits per heavy atom. The number of amidine groups is 1. The van der Waals surface area contributed by atoms with E-state index in [9.17, 15) is 4.79 Å². The lowest BCUT2D eigenvalue weighted by Crippen LogP contribution is -2.22. The van der Waals surface area contributed by atoms with Crippen molar-refractivity contribution >= 4 is 45.9 Å². The average molecular weight is 313 g/mol. The van der Waals surface area contributed by atoms with Gasteiger partial charge in [-0.15, -0.1) is 0 Å². The van der Waals surface area contributed by atoms with E-state index in [1.54, 1.807) is 30.0 Å². The molecule has 1 aromatic rings. The Bertz CT molecular complexity index is 592. The molecule has 3 rings (SSSR count). The molecule has 98 valence electrons. The highest BCUT2D eigenvalue weighted by molar-refractivity contribution is 8.16. The van der Waals surface area contributed by atoms with Crippen LogP contribution in [0, 0.1) is 0 Å². The summed E-state index contributed by atoms with van der Waals surface area (Å²) >= 11 is 13.7. The van der Waals surface area contributed by atoms with Crippen molar-refractivity contribution in [2.75, 3.05) is 13.1 Å². The molecule has 0 spiro atoms. The molecule has 2 heterocycles. The fourth-order valence-electron chi connectivity index (χ4n) is 2.13. The van der Waals surface area contributed by atoms with Crippen LogP contribution in [0.3, 0.4) is 0 Å². The van der Waals surface area contributed by atoms with E-state index in [1.165, 1.54) is 0 Å². The Morgan fingerprint density at radius 2 is 2.11 bits per heavy atom. The van der Waals surface area contributed by atoms with Gasteiger partial charge in [-0.05, 0) is 17.5 Å². The van der Waals surface area contributed by atoms with E-state index < -0.39 is 0 Å². The van der Waals surface area contributed by atoms with Crippen LogP contribution in [0.4, 0.5) is 0 Å². The predicted molar refractivity (Wildman–Crippen MR) is 80.1 cm³/mol. The summed E-state index contributed by atoms with van der Waals surface area (Å²) in [6, 6.07) is 5.10. The summed E-state index contributed by atoms with van der Waals surface area (Å²) in [7, 11) is 0. The number of carbonyl (C=O) groups excluding carboxylic acids is 1. The minimum absolute atomic E-state index is 0.0596. The van der Waals surface area contributed by atoms with E-state index in [0.717, 1.165) is 24.0 Å². The second-order valence-electron chi connectivity index (χ2n) is 4.24. The van der Waals surface area contributed by atoms with Crippen molar-refractivity contribution in [2.45, 2.75) is 6.42 Å². The van der Waals surface area contributed by atoms with Crippen LogP contribution < -0.4 is 0 Å². The monoisotopic (exact) mass is 312 g/mol. The van der Waals surface area contributed by atoms with Crippen LogP contribution in [0.25, 0.3) is 0 Å². The Kier molecular flexibility index (Phi) is 3.56. The molecule has 0 fully saturated rings. The van der Waals surface area contributed by atoms with Gasteiger partial charge in [-0.1, -0.05) is 41.0 Å². The lowest BCUT2D eigenvalue weighted by molar-refractivity contribution is 0.0988. The first-order chi connectivity index (χ1) is 9.16. The third kappa shape index (κ3) is 2.40. The van der Waals surface area contributed by atoms with Crippen molar-refractivity contribution in [1.82, 2.24) is 4.90 Å². The van der Waals surface area contributed by atoms with Gasteiger partial charge in [0, 0.05) is 12.2 Å². The number of ketones is 1. The van der Waals surface area contributed by atoms with Gasteiger partial charge >= 0.3 is 0 Å². The summed E-state index contributed by atoms with van der Waals surface area (Å²) in [5.41, 5.74) is 1.38. The molecule has 1 aromatic carbocycles. The molecule has 0 atom stereocenters. The number of Topliss-reactive ketones (excluding diaryl/α,β-unsaturated/α-hetero) is 1. The van der Waals surface area contributed by atoms with Crippen LogP contribution in [-0.4, -0.2) is 28.9 Å². The molecule has 0 radical (unpaired) electrons. The normalized spacial score (nSPS) is 17.3. The van der Waals surface area contributed by atoms with Gasteiger partial charge in [-0.2, -0.15) is 0 Å². The van der Waals surface area contributed by atoms with Crippen LogP contribution in [0.15, 0.2) is 34.3 Å². The van der Waals surface area contributed by atoms with Crippen molar-refractivity contribution < 1.29 is 4.79 Å². The molecule has 0 aliphatic carbocycles. The summed E-state index contributed by atoms with van der Waals surface area (Å²) in [6.07, 6.45) is 0.301. The highest BCUT2D eigenvalue weighted by atomic mass is 35.5. The molecule has 2 aliphatic rings. The van der Waals surface area contributed by atoms with Crippen molar-refractivity contribution in [3.8, 4) is 0 Å². The van der Waals surface area contributed by atoms with Crippen LogP contribution in [0.2, 0.25) is 10.0 Å². The minimum atomic E-state index is -0.0596. The van der Waals surface area contributed by atoms with Crippen molar-refractivity contribution in [1.29, 1.82) is 0 Å². The Balaban J connectivity index is 1.81. The van der Waals surface area contributed by atoms with Gasteiger partial charge in [-0.25, -0.2) is 0 Å². The molecule has 2 aliphatic heterocycles. The first-order valence-corrected chi connectivity index (χ1v) is 7.45. The number of halogens is 2. The number of allylic oxidation sites excluding steroid dienone is 1. The number of hydrogen-bond acceptors (Lipinski definition) is 4. The lowest BCUT2D eigenvalue weighted by Gasteiger charge is -2.16. The highest BCUT2D eigenvalue weighted by Gasteiger charge is 2.28. The van der Waals surface area contributed by atoms with Crippen LogP contribution in [0.5, 0.6) is 0 Å². The largest absolute Gasteiger partial charge is 0.322 e. The maximum Gasteiger partial charge on any atom is 0.171 e. The molecule has 0 saturated heterocycles. The molecule has 0 saturated carbocycles. The molecule has 0 aromatic heterocycles. The molecule has 0 amide bonds. The number of carbonyl (C=O) groups is 1. The van der Waals surface area contributed by atoms with E-state index in [-0.39, 0.29) is 5.78 Å². The smallest absolute Gasteiger partial charge is 0.171 e. The first kappa shape index (κ1) is 13.0. The maximum absolute atomic E-state index is 12.3. The van der Waals surface area contributed by atoms with Crippen molar-refractivity contribution in [3.63, 3.8) is 0 Å². The predicted octanol–water partition coefficient (Wildman–Crippen LogP) is 3.83. The zero-order valence-electron chi connectivity index (χ0n) is 9.90. The zero-order valence-corrected chi connectivity index (χ0v) is 12.2. The number of aliphatic imine (C=N–C) groups is 1. The van der Waals surface area contributed by atoms with Crippen molar-refractivity contribution in [3.05, 3.63) is 44.9 Å². The summed E-state index contributed by atoms with van der Waals surface area (Å²) in [4.78, 5) is 18.8. The van der Waals surface area contributed by atoms with Gasteiger partial charge in [0.15, 0.2) is 11.0 Å². The van der Waals surface area contributed by atoms with E-state index in [0.29, 0.717) is 22.0 Å². The van der Waals surface area contributed by atoms with Gasteiger partial charge in [0.25, 0.3) is 0 Å². The van der Waals surface area contributed by atoms with Crippen LogP contribution in [0.1, 0.15) is 16.8 Å². The second-order valence-corrected chi connectivity index (χ2v) is 5.89. The number of hydrogen-bond donors (Lipinski definition) is 0. The molecule has 0 bridgehead atoms. The molecule has 19 heavy (non-hydrogen) atoms. The second kappa shape index (κ2) is 5.19. The topological polar surface area (TPSA) is 32.7 Å². The summed E-state index contributed by atoms with van der Waals surface area (Å²) < 4.78 is 0. The molecule has 0 N–H and O–H groups in total. The number of benzene rings is 1. The van der Waals surface area contributed by atoms with Gasteiger partial charge in [0.1, 0.15) is 0 Å². The van der Waals surface area contributed by atoms with Crippen molar-refractivity contribution in [2.24, 2.45) is 4.99 Å². The zero-order chi connectivity index (χ0) is 13.4. The van der Waals surface area contributed by atoms with E-state index in [4.69, 9.17) is 23.2 Å². The average Bonchev–Trinajstić information content (AvgIpc) is 2.94. The Labute approximate surface area is 125 Å². The van der Waals surface area contributed by atoms with Gasteiger partial charge < -0.3 is 4.90 Å². The minimum Gasteiger partial charge on any atom is -0.322 e. The van der Waals surface area contributed by atoms with E-state index in [2.05, 4.69) is 9.89 Å². The quantitative estimate of drug-likeness (QED) is 0.795. The van der Waals surface area contributed by atoms with Gasteiger partial charge in [0.2, 0.25) is 0 Å². The highest BCUT2D eigenvalue weighted by Crippen LogP contribution is 2.33.